The highest BCUT2D eigenvalue weighted by Gasteiger charge is 2.12. The molecule has 0 spiro atoms. The van der Waals surface area contributed by atoms with Gasteiger partial charge in [-0.1, -0.05) is 17.8 Å². The number of aromatic nitrogens is 4. The maximum absolute atomic E-state index is 11.9. The van der Waals surface area contributed by atoms with Crippen molar-refractivity contribution in [2.75, 3.05) is 12.3 Å². The molecule has 0 atom stereocenters. The normalized spacial score (nSPS) is 10.7. The first-order chi connectivity index (χ1) is 11.7. The molecule has 24 heavy (non-hydrogen) atoms. The summed E-state index contributed by atoms with van der Waals surface area (Å²) in [6.45, 7) is 0.652. The molecule has 0 fully saturated rings. The fourth-order valence-electron chi connectivity index (χ4n) is 2.15. The topological polar surface area (TPSA) is 72.7 Å². The lowest BCUT2D eigenvalue weighted by Gasteiger charge is -2.05. The predicted molar refractivity (Wildman–Crippen MR) is 96.0 cm³/mol. The average Bonchev–Trinajstić information content (AvgIpc) is 3.24. The molecular formula is C16H17N5OS2. The molecule has 0 bridgehead atoms. The number of nitrogens with zero attached hydrogens (tertiary/aromatic N) is 4. The van der Waals surface area contributed by atoms with Crippen LogP contribution in [0.15, 0.2) is 47.2 Å². The fourth-order valence-corrected chi connectivity index (χ4v) is 3.60. The molecule has 0 saturated carbocycles. The summed E-state index contributed by atoms with van der Waals surface area (Å²) in [6.07, 6.45) is 4.33. The van der Waals surface area contributed by atoms with Gasteiger partial charge in [-0.3, -0.25) is 9.78 Å². The minimum atomic E-state index is 0.00230. The molecule has 1 amide bonds. The summed E-state index contributed by atoms with van der Waals surface area (Å²) >= 11 is 3.08. The Morgan fingerprint density at radius 3 is 3.00 bits per heavy atom. The smallest absolute Gasteiger partial charge is 0.230 e. The van der Waals surface area contributed by atoms with Crippen molar-refractivity contribution in [2.45, 2.75) is 11.6 Å². The quantitative estimate of drug-likeness (QED) is 0.656. The Morgan fingerprint density at radius 2 is 2.25 bits per heavy atom. The molecule has 0 aromatic carbocycles. The van der Waals surface area contributed by atoms with Crippen molar-refractivity contribution in [2.24, 2.45) is 7.05 Å². The molecule has 8 heteroatoms. The van der Waals surface area contributed by atoms with E-state index in [1.807, 2.05) is 35.2 Å². The van der Waals surface area contributed by atoms with E-state index >= 15 is 0 Å². The van der Waals surface area contributed by atoms with Crippen molar-refractivity contribution in [3.8, 4) is 11.4 Å². The molecule has 3 heterocycles. The Bertz CT molecular complexity index is 786. The Hall–Kier alpha value is -2.19. The van der Waals surface area contributed by atoms with Gasteiger partial charge in [-0.2, -0.15) is 0 Å². The van der Waals surface area contributed by atoms with Crippen LogP contribution < -0.4 is 5.32 Å². The summed E-state index contributed by atoms with van der Waals surface area (Å²) in [5.74, 6) is 1.06. The molecule has 0 radical (unpaired) electrons. The summed E-state index contributed by atoms with van der Waals surface area (Å²) in [7, 11) is 1.89. The monoisotopic (exact) mass is 359 g/mol. The van der Waals surface area contributed by atoms with Crippen LogP contribution in [0.25, 0.3) is 11.4 Å². The van der Waals surface area contributed by atoms with E-state index in [9.17, 15) is 4.79 Å². The molecule has 124 valence electrons. The summed E-state index contributed by atoms with van der Waals surface area (Å²) in [6, 6.07) is 7.89. The number of rotatable bonds is 7. The number of hydrogen-bond donors (Lipinski definition) is 1. The van der Waals surface area contributed by atoms with Crippen molar-refractivity contribution in [3.05, 3.63) is 46.9 Å². The Labute approximate surface area is 148 Å². The van der Waals surface area contributed by atoms with Gasteiger partial charge in [0.15, 0.2) is 11.0 Å². The van der Waals surface area contributed by atoms with E-state index < -0.39 is 0 Å². The van der Waals surface area contributed by atoms with Crippen LogP contribution in [0, 0.1) is 0 Å². The molecule has 0 unspecified atom stereocenters. The number of hydrogen-bond acceptors (Lipinski definition) is 6. The van der Waals surface area contributed by atoms with Crippen LogP contribution in [0.2, 0.25) is 0 Å². The van der Waals surface area contributed by atoms with E-state index in [0.717, 1.165) is 17.8 Å². The van der Waals surface area contributed by atoms with E-state index in [1.165, 1.54) is 16.6 Å². The minimum absolute atomic E-state index is 0.00230. The molecule has 3 aromatic rings. The maximum Gasteiger partial charge on any atom is 0.230 e. The number of pyridine rings is 1. The van der Waals surface area contributed by atoms with Crippen molar-refractivity contribution < 1.29 is 4.79 Å². The second kappa shape index (κ2) is 8.07. The van der Waals surface area contributed by atoms with Crippen LogP contribution in [-0.4, -0.2) is 38.0 Å². The van der Waals surface area contributed by atoms with Crippen molar-refractivity contribution in [1.82, 2.24) is 25.1 Å². The molecule has 1 N–H and O–H groups in total. The van der Waals surface area contributed by atoms with Crippen LogP contribution in [0.1, 0.15) is 4.88 Å². The first-order valence-corrected chi connectivity index (χ1v) is 9.32. The first-order valence-electron chi connectivity index (χ1n) is 7.45. The van der Waals surface area contributed by atoms with Gasteiger partial charge in [0.2, 0.25) is 5.91 Å². The van der Waals surface area contributed by atoms with Crippen LogP contribution >= 0.6 is 23.1 Å². The predicted octanol–water partition coefficient (Wildman–Crippen LogP) is 2.39. The second-order valence-electron chi connectivity index (χ2n) is 5.07. The number of carbonyl (C=O) groups is 1. The molecule has 0 aliphatic carbocycles. The molecule has 0 saturated heterocycles. The van der Waals surface area contributed by atoms with E-state index in [4.69, 9.17) is 0 Å². The van der Waals surface area contributed by atoms with Gasteiger partial charge in [-0.05, 0) is 30.0 Å². The van der Waals surface area contributed by atoms with Crippen LogP contribution in [0.4, 0.5) is 0 Å². The second-order valence-corrected chi connectivity index (χ2v) is 7.05. The molecular weight excluding hydrogens is 342 g/mol. The van der Waals surface area contributed by atoms with E-state index in [1.54, 1.807) is 23.7 Å². The molecule has 6 nitrogen and oxygen atoms in total. The van der Waals surface area contributed by atoms with Gasteiger partial charge in [0.25, 0.3) is 0 Å². The van der Waals surface area contributed by atoms with Crippen LogP contribution in [0.5, 0.6) is 0 Å². The summed E-state index contributed by atoms with van der Waals surface area (Å²) in [5, 5.41) is 14.0. The number of thioether (sulfide) groups is 1. The molecule has 0 aliphatic rings. The average molecular weight is 359 g/mol. The molecule has 3 rings (SSSR count). The first kappa shape index (κ1) is 16.7. The lowest BCUT2D eigenvalue weighted by molar-refractivity contribution is -0.118. The third-order valence-corrected chi connectivity index (χ3v) is 5.32. The highest BCUT2D eigenvalue weighted by molar-refractivity contribution is 7.99. The van der Waals surface area contributed by atoms with Crippen molar-refractivity contribution in [1.29, 1.82) is 0 Å². The summed E-state index contributed by atoms with van der Waals surface area (Å²) < 4.78 is 1.88. The Kier molecular flexibility index (Phi) is 5.60. The number of carbonyl (C=O) groups excluding carboxylic acids is 1. The number of thiophene rings is 1. The SMILES string of the molecule is Cn1c(SCC(=O)NCCc2cccs2)nnc1-c1cccnc1. The maximum atomic E-state index is 11.9. The third-order valence-electron chi connectivity index (χ3n) is 3.36. The van der Waals surface area contributed by atoms with E-state index in [-0.39, 0.29) is 5.91 Å². The zero-order valence-electron chi connectivity index (χ0n) is 13.2. The minimum Gasteiger partial charge on any atom is -0.355 e. The number of nitrogens with one attached hydrogen (secondary N) is 1. The third kappa shape index (κ3) is 4.21. The van der Waals surface area contributed by atoms with Crippen molar-refractivity contribution >= 4 is 29.0 Å². The lowest BCUT2D eigenvalue weighted by atomic mass is 10.3. The van der Waals surface area contributed by atoms with Crippen LogP contribution in [-0.2, 0) is 18.3 Å². The van der Waals surface area contributed by atoms with Gasteiger partial charge in [0, 0.05) is 36.4 Å². The van der Waals surface area contributed by atoms with Crippen LogP contribution in [0.3, 0.4) is 0 Å². The zero-order chi connectivity index (χ0) is 16.8. The lowest BCUT2D eigenvalue weighted by Crippen LogP contribution is -2.27. The van der Waals surface area contributed by atoms with E-state index in [0.29, 0.717) is 17.5 Å². The van der Waals surface area contributed by atoms with E-state index in [2.05, 4.69) is 26.6 Å². The molecule has 3 aromatic heterocycles. The van der Waals surface area contributed by atoms with Crippen molar-refractivity contribution in [3.63, 3.8) is 0 Å². The fraction of sp³-hybridized carbons (Fsp3) is 0.250. The highest BCUT2D eigenvalue weighted by Crippen LogP contribution is 2.21. The zero-order valence-corrected chi connectivity index (χ0v) is 14.8. The van der Waals surface area contributed by atoms with Gasteiger partial charge >= 0.3 is 0 Å². The van der Waals surface area contributed by atoms with Gasteiger partial charge < -0.3 is 9.88 Å². The standard InChI is InChI=1S/C16H17N5OS2/c1-21-15(12-4-2-7-17-10-12)19-20-16(21)24-11-14(22)18-8-6-13-5-3-9-23-13/h2-5,7,9-10H,6,8,11H2,1H3,(H,18,22). The van der Waals surface area contributed by atoms with Gasteiger partial charge in [-0.15, -0.1) is 21.5 Å². The van der Waals surface area contributed by atoms with Gasteiger partial charge in [0.05, 0.1) is 5.75 Å². The number of amides is 1. The summed E-state index contributed by atoms with van der Waals surface area (Å²) in [5.41, 5.74) is 0.903. The highest BCUT2D eigenvalue weighted by atomic mass is 32.2. The Morgan fingerprint density at radius 1 is 1.33 bits per heavy atom. The molecule has 0 aliphatic heterocycles. The van der Waals surface area contributed by atoms with Gasteiger partial charge in [0.1, 0.15) is 0 Å². The largest absolute Gasteiger partial charge is 0.355 e. The Balaban J connectivity index is 1.50. The summed E-state index contributed by atoms with van der Waals surface area (Å²) in [4.78, 5) is 17.3. The van der Waals surface area contributed by atoms with Gasteiger partial charge in [-0.25, -0.2) is 0 Å².